The summed E-state index contributed by atoms with van der Waals surface area (Å²) < 4.78 is 18.4. The molecule has 0 atom stereocenters. The van der Waals surface area contributed by atoms with Crippen molar-refractivity contribution in [2.24, 2.45) is 0 Å². The lowest BCUT2D eigenvalue weighted by Crippen LogP contribution is -2.02. The highest BCUT2D eigenvalue weighted by Crippen LogP contribution is 2.35. The van der Waals surface area contributed by atoms with E-state index >= 15 is 0 Å². The summed E-state index contributed by atoms with van der Waals surface area (Å²) in [6, 6.07) is 1.92. The van der Waals surface area contributed by atoms with E-state index < -0.39 is 16.4 Å². The predicted molar refractivity (Wildman–Crippen MR) is 62.6 cm³/mol. The van der Waals surface area contributed by atoms with E-state index in [1.54, 1.807) is 0 Å². The van der Waals surface area contributed by atoms with Gasteiger partial charge in [-0.15, -0.1) is 0 Å². The van der Waals surface area contributed by atoms with Crippen LogP contribution in [-0.2, 0) is 0 Å². The number of aliphatic hydroxyl groups is 1. The van der Waals surface area contributed by atoms with Crippen LogP contribution in [0.15, 0.2) is 16.6 Å². The number of nitro benzene ring substituents is 1. The van der Waals surface area contributed by atoms with Gasteiger partial charge >= 0.3 is 5.69 Å². The van der Waals surface area contributed by atoms with Gasteiger partial charge in [-0.1, -0.05) is 0 Å². The topological polar surface area (TPSA) is 72.6 Å². The molecule has 0 heterocycles. The lowest BCUT2D eigenvalue weighted by molar-refractivity contribution is -0.386. The molecule has 7 heteroatoms. The molecule has 1 aromatic carbocycles. The second-order valence-electron chi connectivity index (χ2n) is 3.27. The summed E-state index contributed by atoms with van der Waals surface area (Å²) in [5, 5.41) is 19.3. The molecule has 0 aliphatic heterocycles. The molecule has 0 amide bonds. The first-order chi connectivity index (χ1) is 8.06. The minimum Gasteiger partial charge on any atom is -0.486 e. The van der Waals surface area contributed by atoms with Gasteiger partial charge in [-0.25, -0.2) is 4.39 Å². The Morgan fingerprint density at radius 3 is 2.76 bits per heavy atom. The Hall–Kier alpha value is -1.21. The summed E-state index contributed by atoms with van der Waals surface area (Å²) in [6.45, 7) is 0.266. The fourth-order valence-corrected chi connectivity index (χ4v) is 1.75. The Bertz CT molecular complexity index is 414. The van der Waals surface area contributed by atoms with Crippen molar-refractivity contribution in [1.29, 1.82) is 0 Å². The third-order valence-electron chi connectivity index (χ3n) is 1.98. The molecule has 0 aliphatic carbocycles. The molecule has 0 saturated heterocycles. The number of aliphatic hydroxyl groups excluding tert-OH is 1. The number of hydrogen-bond acceptors (Lipinski definition) is 4. The largest absolute Gasteiger partial charge is 0.486 e. The maximum Gasteiger partial charge on any atom is 0.315 e. The molecule has 0 aliphatic rings. The van der Waals surface area contributed by atoms with Crippen molar-refractivity contribution in [3.8, 4) is 5.75 Å². The second kappa shape index (κ2) is 6.51. The van der Waals surface area contributed by atoms with Crippen LogP contribution in [0.3, 0.4) is 0 Å². The van der Waals surface area contributed by atoms with E-state index in [0.717, 1.165) is 12.1 Å². The highest BCUT2D eigenvalue weighted by atomic mass is 79.9. The van der Waals surface area contributed by atoms with Gasteiger partial charge in [0.05, 0.1) is 22.1 Å². The third kappa shape index (κ3) is 3.94. The van der Waals surface area contributed by atoms with Gasteiger partial charge in [0.25, 0.3) is 0 Å². The third-order valence-corrected chi connectivity index (χ3v) is 2.57. The van der Waals surface area contributed by atoms with Crippen LogP contribution in [0.4, 0.5) is 10.1 Å². The van der Waals surface area contributed by atoms with Gasteiger partial charge in [-0.2, -0.15) is 0 Å². The molecule has 94 valence electrons. The number of benzene rings is 1. The van der Waals surface area contributed by atoms with Gasteiger partial charge in [-0.3, -0.25) is 10.1 Å². The minimum absolute atomic E-state index is 0.00865. The van der Waals surface area contributed by atoms with Crippen molar-refractivity contribution in [2.45, 2.75) is 12.8 Å². The number of hydrogen-bond donors (Lipinski definition) is 1. The number of nitrogens with zero attached hydrogens (tertiary/aromatic N) is 1. The quantitative estimate of drug-likeness (QED) is 0.498. The maximum atomic E-state index is 13.0. The summed E-state index contributed by atoms with van der Waals surface area (Å²) in [6.07, 6.45) is 1.12. The monoisotopic (exact) mass is 307 g/mol. The number of halogens is 2. The zero-order chi connectivity index (χ0) is 12.8. The molecule has 0 fully saturated rings. The molecular weight excluding hydrogens is 297 g/mol. The Morgan fingerprint density at radius 2 is 2.18 bits per heavy atom. The van der Waals surface area contributed by atoms with Crippen LogP contribution in [0.2, 0.25) is 0 Å². The summed E-state index contributed by atoms with van der Waals surface area (Å²) in [7, 11) is 0. The lowest BCUT2D eigenvalue weighted by atomic mass is 10.3. The van der Waals surface area contributed by atoms with Crippen LogP contribution in [0, 0.1) is 15.9 Å². The molecule has 0 radical (unpaired) electrons. The first-order valence-electron chi connectivity index (χ1n) is 4.93. The molecule has 0 spiro atoms. The molecule has 5 nitrogen and oxygen atoms in total. The lowest BCUT2D eigenvalue weighted by Gasteiger charge is -2.08. The van der Waals surface area contributed by atoms with Crippen LogP contribution in [0.5, 0.6) is 5.75 Å². The highest BCUT2D eigenvalue weighted by molar-refractivity contribution is 9.10. The molecule has 0 saturated carbocycles. The van der Waals surface area contributed by atoms with E-state index in [9.17, 15) is 14.5 Å². The molecular formula is C10H11BrFNO4. The predicted octanol–water partition coefficient (Wildman–Crippen LogP) is 2.65. The fraction of sp³-hybridized carbons (Fsp3) is 0.400. The van der Waals surface area contributed by atoms with E-state index in [-0.39, 0.29) is 23.4 Å². The van der Waals surface area contributed by atoms with Gasteiger partial charge < -0.3 is 9.84 Å². The average molecular weight is 308 g/mol. The van der Waals surface area contributed by atoms with Gasteiger partial charge in [0.2, 0.25) is 5.75 Å². The van der Waals surface area contributed by atoms with E-state index in [1.165, 1.54) is 0 Å². The van der Waals surface area contributed by atoms with Crippen LogP contribution in [0.25, 0.3) is 0 Å². The minimum atomic E-state index is -0.703. The highest BCUT2D eigenvalue weighted by Gasteiger charge is 2.20. The van der Waals surface area contributed by atoms with E-state index in [2.05, 4.69) is 15.9 Å². The molecule has 0 bridgehead atoms. The Kier molecular flexibility index (Phi) is 5.30. The van der Waals surface area contributed by atoms with Gasteiger partial charge in [-0.05, 0) is 34.8 Å². The summed E-state index contributed by atoms with van der Waals surface area (Å²) in [4.78, 5) is 10.0. The van der Waals surface area contributed by atoms with Crippen LogP contribution >= 0.6 is 15.9 Å². The number of unbranched alkanes of at least 4 members (excludes halogenated alkanes) is 1. The molecule has 1 N–H and O–H groups in total. The van der Waals surface area contributed by atoms with Gasteiger partial charge in [0.1, 0.15) is 5.82 Å². The zero-order valence-corrected chi connectivity index (χ0v) is 10.4. The smallest absolute Gasteiger partial charge is 0.315 e. The summed E-state index contributed by atoms with van der Waals surface area (Å²) in [5.41, 5.74) is -0.416. The molecule has 1 rings (SSSR count). The van der Waals surface area contributed by atoms with E-state index in [1.807, 2.05) is 0 Å². The van der Waals surface area contributed by atoms with Crippen molar-refractivity contribution in [2.75, 3.05) is 13.2 Å². The SMILES string of the molecule is O=[N+]([O-])c1cc(F)cc(Br)c1OCCCCO. The molecule has 0 aromatic heterocycles. The fourth-order valence-electron chi connectivity index (χ4n) is 1.21. The Morgan fingerprint density at radius 1 is 1.47 bits per heavy atom. The first kappa shape index (κ1) is 13.9. The van der Waals surface area contributed by atoms with Crippen LogP contribution in [0.1, 0.15) is 12.8 Å². The summed E-state index contributed by atoms with van der Waals surface area (Å²) in [5.74, 6) is -0.694. The van der Waals surface area contributed by atoms with Crippen LogP contribution in [-0.4, -0.2) is 23.2 Å². The maximum absolute atomic E-state index is 13.0. The molecule has 0 unspecified atom stereocenters. The standard InChI is InChI=1S/C10H11BrFNO4/c11-8-5-7(12)6-9(13(15)16)10(8)17-4-2-1-3-14/h5-6,14H,1-4H2. The Labute approximate surface area is 105 Å². The number of rotatable bonds is 6. The van der Waals surface area contributed by atoms with Crippen molar-refractivity contribution in [3.63, 3.8) is 0 Å². The average Bonchev–Trinajstić information content (AvgIpc) is 2.25. The molecule has 17 heavy (non-hydrogen) atoms. The van der Waals surface area contributed by atoms with Crippen molar-refractivity contribution < 1.29 is 19.2 Å². The van der Waals surface area contributed by atoms with E-state index in [4.69, 9.17) is 9.84 Å². The number of nitro groups is 1. The zero-order valence-electron chi connectivity index (χ0n) is 8.86. The van der Waals surface area contributed by atoms with Gasteiger partial charge in [0, 0.05) is 6.61 Å². The summed E-state index contributed by atoms with van der Waals surface area (Å²) >= 11 is 3.02. The van der Waals surface area contributed by atoms with Crippen molar-refractivity contribution in [1.82, 2.24) is 0 Å². The van der Waals surface area contributed by atoms with Crippen molar-refractivity contribution >= 4 is 21.6 Å². The van der Waals surface area contributed by atoms with Gasteiger partial charge in [0.15, 0.2) is 0 Å². The molecule has 1 aromatic rings. The number of ether oxygens (including phenoxy) is 1. The van der Waals surface area contributed by atoms with E-state index in [0.29, 0.717) is 12.8 Å². The normalized spacial score (nSPS) is 10.3. The van der Waals surface area contributed by atoms with Crippen LogP contribution < -0.4 is 4.74 Å². The second-order valence-corrected chi connectivity index (χ2v) is 4.13. The van der Waals surface area contributed by atoms with Crippen molar-refractivity contribution in [3.05, 3.63) is 32.5 Å². The first-order valence-corrected chi connectivity index (χ1v) is 5.72. The Balaban J connectivity index is 2.85.